The van der Waals surface area contributed by atoms with E-state index in [1.54, 1.807) is 4.90 Å². The van der Waals surface area contributed by atoms with E-state index in [2.05, 4.69) is 17.4 Å². The van der Waals surface area contributed by atoms with E-state index in [4.69, 9.17) is 11.6 Å². The van der Waals surface area contributed by atoms with E-state index >= 15 is 0 Å². The smallest absolute Gasteiger partial charge is 0.324 e. The van der Waals surface area contributed by atoms with Crippen molar-refractivity contribution in [1.29, 1.82) is 0 Å². The Morgan fingerprint density at radius 3 is 2.74 bits per heavy atom. The molecule has 1 aromatic carbocycles. The molecule has 1 N–H and O–H groups in total. The molecule has 1 atom stereocenters. The molecule has 2 rings (SSSR count). The van der Waals surface area contributed by atoms with E-state index in [9.17, 15) is 9.59 Å². The van der Waals surface area contributed by atoms with Crippen LogP contribution in [-0.2, 0) is 4.79 Å². The zero-order chi connectivity index (χ0) is 13.7. The fraction of sp³-hybridized carbons (Fsp3) is 0.429. The normalized spacial score (nSPS) is 18.4. The van der Waals surface area contributed by atoms with Crippen molar-refractivity contribution in [3.05, 3.63) is 35.9 Å². The van der Waals surface area contributed by atoms with Crippen LogP contribution in [0.4, 0.5) is 4.79 Å². The maximum Gasteiger partial charge on any atom is 0.324 e. The van der Waals surface area contributed by atoms with Gasteiger partial charge < -0.3 is 4.90 Å². The van der Waals surface area contributed by atoms with Crippen LogP contribution in [0.3, 0.4) is 0 Å². The number of rotatable bonds is 3. The summed E-state index contributed by atoms with van der Waals surface area (Å²) in [4.78, 5) is 24.9. The fourth-order valence-corrected chi connectivity index (χ4v) is 2.46. The molecule has 0 aromatic heterocycles. The van der Waals surface area contributed by atoms with Crippen LogP contribution in [0.25, 0.3) is 0 Å². The Morgan fingerprint density at radius 2 is 2.05 bits per heavy atom. The van der Waals surface area contributed by atoms with Gasteiger partial charge in [0.15, 0.2) is 0 Å². The molecule has 1 aliphatic heterocycles. The van der Waals surface area contributed by atoms with Crippen LogP contribution in [0, 0.1) is 0 Å². The Morgan fingerprint density at radius 1 is 1.32 bits per heavy atom. The number of carbonyl (C=O) groups excluding carboxylic acids is 2. The van der Waals surface area contributed by atoms with Crippen molar-refractivity contribution in [2.45, 2.75) is 18.8 Å². The Kier molecular flexibility index (Phi) is 4.80. The summed E-state index contributed by atoms with van der Waals surface area (Å²) < 4.78 is 0. The number of likely N-dealkylation sites (tertiary alicyclic amines) is 1. The van der Waals surface area contributed by atoms with Crippen molar-refractivity contribution < 1.29 is 9.59 Å². The van der Waals surface area contributed by atoms with E-state index in [1.165, 1.54) is 5.56 Å². The molecule has 1 aliphatic rings. The zero-order valence-electron chi connectivity index (χ0n) is 10.6. The Bertz CT molecular complexity index is 450. The third kappa shape index (κ3) is 3.70. The van der Waals surface area contributed by atoms with Gasteiger partial charge in [-0.15, -0.1) is 11.6 Å². The van der Waals surface area contributed by atoms with Crippen molar-refractivity contribution in [1.82, 2.24) is 10.2 Å². The average Bonchev–Trinajstić information content (AvgIpc) is 2.89. The highest BCUT2D eigenvalue weighted by atomic mass is 35.5. The Labute approximate surface area is 117 Å². The van der Waals surface area contributed by atoms with Gasteiger partial charge in [-0.2, -0.15) is 0 Å². The van der Waals surface area contributed by atoms with Crippen LogP contribution in [0.2, 0.25) is 0 Å². The highest BCUT2D eigenvalue weighted by Crippen LogP contribution is 2.26. The molecule has 1 unspecified atom stereocenters. The minimum atomic E-state index is -0.317. The molecule has 0 radical (unpaired) electrons. The fourth-order valence-electron chi connectivity index (χ4n) is 2.29. The average molecular weight is 281 g/mol. The second-order valence-electron chi connectivity index (χ2n) is 4.63. The van der Waals surface area contributed by atoms with Crippen LogP contribution in [0.1, 0.15) is 24.3 Å². The number of urea groups is 1. The van der Waals surface area contributed by atoms with Crippen molar-refractivity contribution in [2.24, 2.45) is 0 Å². The third-order valence-corrected chi connectivity index (χ3v) is 3.50. The number of benzene rings is 1. The summed E-state index contributed by atoms with van der Waals surface area (Å²) in [5.41, 5.74) is 1.24. The molecule has 102 valence electrons. The third-order valence-electron chi connectivity index (χ3n) is 3.31. The molecule has 0 saturated carbocycles. The van der Waals surface area contributed by atoms with Crippen LogP contribution in [0.15, 0.2) is 30.3 Å². The number of hydrogen-bond donors (Lipinski definition) is 1. The number of hydrogen-bond acceptors (Lipinski definition) is 2. The van der Waals surface area contributed by atoms with Crippen LogP contribution >= 0.6 is 11.6 Å². The predicted octanol–water partition coefficient (Wildman–Crippen LogP) is 2.34. The Hall–Kier alpha value is -1.55. The highest BCUT2D eigenvalue weighted by Gasteiger charge is 2.27. The molecule has 19 heavy (non-hydrogen) atoms. The van der Waals surface area contributed by atoms with E-state index in [0.717, 1.165) is 6.42 Å². The molecule has 1 saturated heterocycles. The summed E-state index contributed by atoms with van der Waals surface area (Å²) in [5, 5.41) is 2.36. The first-order valence-corrected chi connectivity index (χ1v) is 6.94. The molecule has 5 heteroatoms. The first kappa shape index (κ1) is 13.9. The van der Waals surface area contributed by atoms with E-state index in [0.29, 0.717) is 19.0 Å². The van der Waals surface area contributed by atoms with Gasteiger partial charge in [0.05, 0.1) is 0 Å². The quantitative estimate of drug-likeness (QED) is 0.864. The van der Waals surface area contributed by atoms with Crippen LogP contribution in [-0.4, -0.2) is 35.8 Å². The van der Waals surface area contributed by atoms with Crippen molar-refractivity contribution in [3.8, 4) is 0 Å². The standard InChI is InChI=1S/C14H17ClN2O2/c15-8-6-13(18)16-14(19)17-9-7-12(10-17)11-4-2-1-3-5-11/h1-5,12H,6-10H2,(H,16,18,19). The lowest BCUT2D eigenvalue weighted by atomic mass is 9.99. The number of imide groups is 1. The first-order valence-electron chi connectivity index (χ1n) is 6.40. The maximum atomic E-state index is 11.9. The zero-order valence-corrected chi connectivity index (χ0v) is 11.4. The van der Waals surface area contributed by atoms with Crippen LogP contribution in [0.5, 0.6) is 0 Å². The Balaban J connectivity index is 1.88. The molecule has 0 bridgehead atoms. The molecule has 1 fully saturated rings. The predicted molar refractivity (Wildman–Crippen MR) is 74.2 cm³/mol. The highest BCUT2D eigenvalue weighted by molar-refractivity contribution is 6.19. The molecule has 0 spiro atoms. The maximum absolute atomic E-state index is 11.9. The van der Waals surface area contributed by atoms with Gasteiger partial charge in [-0.25, -0.2) is 4.79 Å². The molecular formula is C14H17ClN2O2. The van der Waals surface area contributed by atoms with Gasteiger partial charge in [-0.3, -0.25) is 10.1 Å². The molecule has 1 aromatic rings. The van der Waals surface area contributed by atoms with E-state index in [1.807, 2.05) is 18.2 Å². The molecule has 0 aliphatic carbocycles. The SMILES string of the molecule is O=C(CCCl)NC(=O)N1CCC(c2ccccc2)C1. The number of amides is 3. The van der Waals surface area contributed by atoms with Gasteiger partial charge >= 0.3 is 6.03 Å². The summed E-state index contributed by atoms with van der Waals surface area (Å²) in [6.07, 6.45) is 1.10. The van der Waals surface area contributed by atoms with Crippen molar-refractivity contribution in [3.63, 3.8) is 0 Å². The number of nitrogens with zero attached hydrogens (tertiary/aromatic N) is 1. The van der Waals surface area contributed by atoms with Gasteiger partial charge in [0.1, 0.15) is 0 Å². The van der Waals surface area contributed by atoms with E-state index < -0.39 is 0 Å². The molecule has 4 nitrogen and oxygen atoms in total. The number of carbonyl (C=O) groups is 2. The topological polar surface area (TPSA) is 49.4 Å². The lowest BCUT2D eigenvalue weighted by Gasteiger charge is -2.16. The van der Waals surface area contributed by atoms with Gasteiger partial charge in [0.2, 0.25) is 5.91 Å². The van der Waals surface area contributed by atoms with Gasteiger partial charge in [-0.1, -0.05) is 30.3 Å². The van der Waals surface area contributed by atoms with Gasteiger partial charge in [0, 0.05) is 31.3 Å². The van der Waals surface area contributed by atoms with Crippen molar-refractivity contribution in [2.75, 3.05) is 19.0 Å². The molecule has 3 amide bonds. The molecule has 1 heterocycles. The summed E-state index contributed by atoms with van der Waals surface area (Å²) in [7, 11) is 0. The second kappa shape index (κ2) is 6.57. The minimum Gasteiger partial charge on any atom is -0.324 e. The largest absolute Gasteiger partial charge is 0.324 e. The minimum absolute atomic E-state index is 0.170. The molecular weight excluding hydrogens is 264 g/mol. The number of halogens is 1. The van der Waals surface area contributed by atoms with Crippen LogP contribution < -0.4 is 5.32 Å². The summed E-state index contributed by atoms with van der Waals surface area (Å²) in [6.45, 7) is 1.34. The van der Waals surface area contributed by atoms with Gasteiger partial charge in [0.25, 0.3) is 0 Å². The lowest BCUT2D eigenvalue weighted by molar-refractivity contribution is -0.119. The lowest BCUT2D eigenvalue weighted by Crippen LogP contribution is -2.41. The summed E-state index contributed by atoms with van der Waals surface area (Å²) in [6, 6.07) is 9.82. The summed E-state index contributed by atoms with van der Waals surface area (Å²) >= 11 is 5.46. The second-order valence-corrected chi connectivity index (χ2v) is 5.01. The van der Waals surface area contributed by atoms with Crippen molar-refractivity contribution >= 4 is 23.5 Å². The van der Waals surface area contributed by atoms with E-state index in [-0.39, 0.29) is 24.2 Å². The number of alkyl halides is 1. The van der Waals surface area contributed by atoms with Gasteiger partial charge in [-0.05, 0) is 12.0 Å². The summed E-state index contributed by atoms with van der Waals surface area (Å²) in [5.74, 6) is 0.268. The number of nitrogens with one attached hydrogen (secondary N) is 1. The monoisotopic (exact) mass is 280 g/mol. The first-order chi connectivity index (χ1) is 9.20.